The third kappa shape index (κ3) is 23.4. The molecular formula is C39H73N13O10. The van der Waals surface area contributed by atoms with E-state index in [2.05, 4.69) is 37.2 Å². The van der Waals surface area contributed by atoms with E-state index in [1.165, 1.54) is 0 Å². The lowest BCUT2D eigenvalue weighted by atomic mass is 9.96. The van der Waals surface area contributed by atoms with Crippen LogP contribution in [0, 0.1) is 23.2 Å². The van der Waals surface area contributed by atoms with E-state index in [4.69, 9.17) is 34.1 Å². The van der Waals surface area contributed by atoms with Crippen LogP contribution in [0.25, 0.3) is 0 Å². The zero-order valence-corrected chi connectivity index (χ0v) is 37.0. The van der Waals surface area contributed by atoms with Gasteiger partial charge < -0.3 is 71.0 Å². The maximum absolute atomic E-state index is 13.8. The molecule has 0 rings (SSSR count). The van der Waals surface area contributed by atoms with E-state index in [9.17, 15) is 48.3 Å². The summed E-state index contributed by atoms with van der Waals surface area (Å²) in [6.07, 6.45) is 0.702. The fourth-order valence-electron chi connectivity index (χ4n) is 6.11. The second-order valence-corrected chi connectivity index (χ2v) is 16.3. The van der Waals surface area contributed by atoms with E-state index in [-0.39, 0.29) is 56.4 Å². The molecule has 19 N–H and O–H groups in total. The molecule has 0 aromatic rings. The third-order valence-electron chi connectivity index (χ3n) is 9.73. The van der Waals surface area contributed by atoms with Crippen LogP contribution in [0.3, 0.4) is 0 Å². The van der Waals surface area contributed by atoms with E-state index < -0.39 is 114 Å². The van der Waals surface area contributed by atoms with Crippen molar-refractivity contribution in [2.75, 3.05) is 13.1 Å². The second kappa shape index (κ2) is 29.6. The fourth-order valence-corrected chi connectivity index (χ4v) is 6.11. The quantitative estimate of drug-likeness (QED) is 0.0182. The van der Waals surface area contributed by atoms with Crippen molar-refractivity contribution in [1.82, 2.24) is 37.2 Å². The molecule has 354 valence electrons. The first-order valence-corrected chi connectivity index (χ1v) is 21.1. The number of amides is 8. The number of nitrogens with two attached hydrogens (primary N) is 5. The minimum Gasteiger partial charge on any atom is -0.480 e. The maximum atomic E-state index is 13.8. The van der Waals surface area contributed by atoms with Gasteiger partial charge in [-0.3, -0.25) is 43.8 Å². The maximum Gasteiger partial charge on any atom is 0.326 e. The molecule has 8 atom stereocenters. The summed E-state index contributed by atoms with van der Waals surface area (Å²) in [5.74, 6) is -9.25. The molecule has 0 aliphatic carbocycles. The summed E-state index contributed by atoms with van der Waals surface area (Å²) in [5, 5.41) is 34.6. The Bertz CT molecular complexity index is 1530. The average molecular weight is 884 g/mol. The van der Waals surface area contributed by atoms with E-state index in [1.807, 2.05) is 0 Å². The van der Waals surface area contributed by atoms with Crippen LogP contribution < -0.4 is 65.9 Å². The number of rotatable bonds is 32. The van der Waals surface area contributed by atoms with Crippen molar-refractivity contribution in [3.05, 3.63) is 0 Å². The SMILES string of the molecule is CC[C@H](C)[C@H](NC(=O)[C@@H](N)CCCNC(=N)N)C(=O)N[C@@H](CCC(N)=O)C(=O)N[C@@H](CC(N)=O)C(=O)N[C@@H](CC(C)C)C(=O)N[C@@H](CC(C)C)C(=O)N[C@@H](CCCCN)C(=O)O. The Morgan fingerprint density at radius 3 is 1.52 bits per heavy atom. The number of guanidine groups is 1. The van der Waals surface area contributed by atoms with Crippen molar-refractivity contribution < 1.29 is 48.3 Å². The summed E-state index contributed by atoms with van der Waals surface area (Å²) < 4.78 is 0. The molecule has 0 saturated carbocycles. The van der Waals surface area contributed by atoms with Gasteiger partial charge in [-0.05, 0) is 75.7 Å². The number of carboxylic acids is 1. The van der Waals surface area contributed by atoms with Gasteiger partial charge in [0, 0.05) is 13.0 Å². The van der Waals surface area contributed by atoms with E-state index in [1.54, 1.807) is 41.5 Å². The van der Waals surface area contributed by atoms with Crippen LogP contribution in [0.1, 0.15) is 112 Å². The lowest BCUT2D eigenvalue weighted by Gasteiger charge is -2.29. The fraction of sp³-hybridized carbons (Fsp3) is 0.744. The summed E-state index contributed by atoms with van der Waals surface area (Å²) in [6.45, 7) is 11.2. The van der Waals surface area contributed by atoms with Crippen LogP contribution in [-0.2, 0) is 43.2 Å². The molecule has 0 spiro atoms. The summed E-state index contributed by atoms with van der Waals surface area (Å²) in [7, 11) is 0. The number of carbonyl (C=O) groups is 9. The Balaban J connectivity index is 6.39. The molecule has 0 aliphatic heterocycles. The van der Waals surface area contributed by atoms with E-state index >= 15 is 0 Å². The van der Waals surface area contributed by atoms with Crippen LogP contribution in [0.15, 0.2) is 0 Å². The molecule has 62 heavy (non-hydrogen) atoms. The molecule has 0 saturated heterocycles. The van der Waals surface area contributed by atoms with Crippen molar-refractivity contribution in [2.45, 2.75) is 154 Å². The number of nitrogens with one attached hydrogen (secondary N) is 8. The summed E-state index contributed by atoms with van der Waals surface area (Å²) >= 11 is 0. The number of hydrogen-bond acceptors (Lipinski definition) is 12. The van der Waals surface area contributed by atoms with Gasteiger partial charge in [0.05, 0.1) is 12.5 Å². The van der Waals surface area contributed by atoms with E-state index in [0.717, 1.165) is 0 Å². The van der Waals surface area contributed by atoms with Gasteiger partial charge in [-0.25, -0.2) is 4.79 Å². The van der Waals surface area contributed by atoms with Gasteiger partial charge in [0.25, 0.3) is 0 Å². The smallest absolute Gasteiger partial charge is 0.326 e. The van der Waals surface area contributed by atoms with Crippen LogP contribution in [0.2, 0.25) is 0 Å². The van der Waals surface area contributed by atoms with Crippen molar-refractivity contribution in [2.24, 2.45) is 46.4 Å². The number of unbranched alkanes of at least 4 members (excludes halogenated alkanes) is 1. The standard InChI is InChI=1S/C39H73N13O10/c1-7-22(6)31(52-32(55)23(41)11-10-16-46-39(44)45)37(60)47-24(13-14-29(42)53)33(56)51-28(19-30(43)54)36(59)50-27(18-21(4)5)35(58)49-26(17-20(2)3)34(57)48-25(38(61)62)12-8-9-15-40/h20-28,31H,7-19,40-41H2,1-6H3,(H2,42,53)(H2,43,54)(H,47,60)(H,48,57)(H,49,58)(H,50,59)(H,51,56)(H,52,55)(H,61,62)(H4,44,45,46)/t22-,23-,24-,25-,26-,27-,28-,31-/m0/s1. The number of carboxylic acid groups (broad SMARTS) is 1. The Hall–Kier alpha value is -5.58. The number of carbonyl (C=O) groups excluding carboxylic acids is 8. The largest absolute Gasteiger partial charge is 0.480 e. The van der Waals surface area contributed by atoms with Crippen LogP contribution in [0.5, 0.6) is 0 Å². The lowest BCUT2D eigenvalue weighted by Crippen LogP contribution is -2.61. The first-order chi connectivity index (χ1) is 28.9. The number of hydrogen-bond donors (Lipinski definition) is 14. The molecule has 0 aromatic carbocycles. The molecule has 0 heterocycles. The highest BCUT2D eigenvalue weighted by molar-refractivity contribution is 5.98. The van der Waals surface area contributed by atoms with Crippen molar-refractivity contribution in [3.63, 3.8) is 0 Å². The predicted molar refractivity (Wildman–Crippen MR) is 230 cm³/mol. The van der Waals surface area contributed by atoms with Crippen molar-refractivity contribution in [1.29, 1.82) is 5.41 Å². The molecule has 0 aromatic heterocycles. The molecule has 23 heteroatoms. The lowest BCUT2D eigenvalue weighted by molar-refractivity contribution is -0.142. The van der Waals surface area contributed by atoms with Crippen LogP contribution in [0.4, 0.5) is 0 Å². The van der Waals surface area contributed by atoms with Crippen molar-refractivity contribution >= 4 is 59.2 Å². The normalized spacial score (nSPS) is 15.0. The molecular weight excluding hydrogens is 811 g/mol. The van der Waals surface area contributed by atoms with Gasteiger partial charge in [-0.15, -0.1) is 0 Å². The molecule has 0 radical (unpaired) electrons. The van der Waals surface area contributed by atoms with Gasteiger partial charge >= 0.3 is 5.97 Å². The Morgan fingerprint density at radius 2 is 1.06 bits per heavy atom. The van der Waals surface area contributed by atoms with Gasteiger partial charge in [0.2, 0.25) is 47.3 Å². The van der Waals surface area contributed by atoms with Gasteiger partial charge in [0.15, 0.2) is 5.96 Å². The zero-order chi connectivity index (χ0) is 47.7. The van der Waals surface area contributed by atoms with Crippen LogP contribution >= 0.6 is 0 Å². The molecule has 0 fully saturated rings. The number of aliphatic carboxylic acids is 1. The summed E-state index contributed by atoms with van der Waals surface area (Å²) in [4.78, 5) is 117. The van der Waals surface area contributed by atoms with Gasteiger partial charge in [0.1, 0.15) is 36.3 Å². The van der Waals surface area contributed by atoms with Crippen LogP contribution in [-0.4, -0.2) is 120 Å². The molecule has 0 aliphatic rings. The highest BCUT2D eigenvalue weighted by Crippen LogP contribution is 2.13. The Kier molecular flexibility index (Phi) is 27.0. The van der Waals surface area contributed by atoms with Gasteiger partial charge in [-0.2, -0.15) is 0 Å². The van der Waals surface area contributed by atoms with Crippen molar-refractivity contribution in [3.8, 4) is 0 Å². The molecule has 23 nitrogen and oxygen atoms in total. The monoisotopic (exact) mass is 884 g/mol. The third-order valence-corrected chi connectivity index (χ3v) is 9.73. The molecule has 8 amide bonds. The van der Waals surface area contributed by atoms with Gasteiger partial charge in [-0.1, -0.05) is 48.0 Å². The zero-order valence-electron chi connectivity index (χ0n) is 37.0. The van der Waals surface area contributed by atoms with E-state index in [0.29, 0.717) is 32.2 Å². The summed E-state index contributed by atoms with van der Waals surface area (Å²) in [6, 6.07) is -9.22. The summed E-state index contributed by atoms with van der Waals surface area (Å²) in [5.41, 5.74) is 27.6. The Labute approximate surface area is 363 Å². The molecule has 0 unspecified atom stereocenters. The number of primary amides is 2. The predicted octanol–water partition coefficient (Wildman–Crippen LogP) is -3.02. The topological polar surface area (TPSA) is 412 Å². The first-order valence-electron chi connectivity index (χ1n) is 21.1. The second-order valence-electron chi connectivity index (χ2n) is 16.3. The minimum atomic E-state index is -1.70. The minimum absolute atomic E-state index is 0.0284. The highest BCUT2D eigenvalue weighted by Gasteiger charge is 2.35. The molecule has 0 bridgehead atoms. The first kappa shape index (κ1) is 56.4. The Morgan fingerprint density at radius 1 is 0.581 bits per heavy atom. The highest BCUT2D eigenvalue weighted by atomic mass is 16.4. The average Bonchev–Trinajstić information content (AvgIpc) is 3.17.